The molecule has 0 spiro atoms. The topological polar surface area (TPSA) is 65.3 Å². The quantitative estimate of drug-likeness (QED) is 0.473. The van der Waals surface area contributed by atoms with Gasteiger partial charge < -0.3 is 9.63 Å². The van der Waals surface area contributed by atoms with E-state index in [0.717, 1.165) is 29.1 Å². The van der Waals surface area contributed by atoms with Gasteiger partial charge in [0.1, 0.15) is 5.95 Å². The van der Waals surface area contributed by atoms with E-state index in [-0.39, 0.29) is 0 Å². The molecule has 4 aromatic rings. The monoisotopic (exact) mass is 405 g/mol. The van der Waals surface area contributed by atoms with Crippen molar-refractivity contribution in [1.29, 1.82) is 0 Å². The van der Waals surface area contributed by atoms with Crippen molar-refractivity contribution in [2.24, 2.45) is 4.99 Å². The van der Waals surface area contributed by atoms with Crippen LogP contribution in [-0.2, 0) is 0 Å². The molecular weight excluding hydrogens is 390 g/mol. The lowest BCUT2D eigenvalue weighted by Crippen LogP contribution is -2.31. The molecule has 1 aliphatic heterocycles. The molecule has 0 saturated heterocycles. The number of thiophene rings is 1. The summed E-state index contributed by atoms with van der Waals surface area (Å²) in [5.41, 5.74) is 3.90. The minimum atomic E-state index is -0.468. The van der Waals surface area contributed by atoms with Crippen molar-refractivity contribution < 1.29 is 14.3 Å². The summed E-state index contributed by atoms with van der Waals surface area (Å²) in [7, 11) is 0. The maximum absolute atomic E-state index is 11.2. The van der Waals surface area contributed by atoms with Crippen LogP contribution in [0.5, 0.6) is 5.95 Å². The van der Waals surface area contributed by atoms with Crippen LogP contribution in [0.4, 0.5) is 5.69 Å². The fourth-order valence-corrected chi connectivity index (χ4v) is 5.34. The van der Waals surface area contributed by atoms with Crippen LogP contribution >= 0.6 is 23.1 Å². The van der Waals surface area contributed by atoms with E-state index < -0.39 is 5.95 Å². The Balaban J connectivity index is 1.53. The van der Waals surface area contributed by atoms with Crippen molar-refractivity contribution in [2.45, 2.75) is 16.6 Å². The summed E-state index contributed by atoms with van der Waals surface area (Å²) in [5.74, 6) is -0.468. The van der Waals surface area contributed by atoms with Crippen LogP contribution in [0.25, 0.3) is 5.69 Å². The number of thioether (sulfide) groups is 1. The van der Waals surface area contributed by atoms with Gasteiger partial charge in [-0.1, -0.05) is 18.2 Å². The number of rotatable bonds is 3. The van der Waals surface area contributed by atoms with Gasteiger partial charge in [0, 0.05) is 39.3 Å². The van der Waals surface area contributed by atoms with Crippen LogP contribution in [-0.4, -0.2) is 11.0 Å². The van der Waals surface area contributed by atoms with Gasteiger partial charge in [0.2, 0.25) is 11.9 Å². The molecule has 0 radical (unpaired) electrons. The summed E-state index contributed by atoms with van der Waals surface area (Å²) < 4.78 is 6.04. The molecule has 5 rings (SSSR count). The molecule has 2 aromatic carbocycles. The highest BCUT2D eigenvalue weighted by Gasteiger charge is 2.23. The van der Waals surface area contributed by atoms with Crippen molar-refractivity contribution in [3.05, 3.63) is 82.7 Å². The zero-order valence-corrected chi connectivity index (χ0v) is 16.3. The molecule has 0 bridgehead atoms. The Morgan fingerprint density at radius 3 is 2.64 bits per heavy atom. The first-order chi connectivity index (χ1) is 13.8. The third-order valence-corrected chi connectivity index (χ3v) is 6.98. The molecule has 0 amide bonds. The van der Waals surface area contributed by atoms with Gasteiger partial charge in [-0.05, 0) is 46.0 Å². The zero-order chi connectivity index (χ0) is 18.9. The van der Waals surface area contributed by atoms with Crippen LogP contribution in [0.3, 0.4) is 0 Å². The number of benzene rings is 2. The number of aromatic nitrogens is 2. The number of aliphatic imine (C=N–C) groups is 1. The Labute approximate surface area is 170 Å². The highest BCUT2D eigenvalue weighted by atomic mass is 32.2. The lowest BCUT2D eigenvalue weighted by atomic mass is 10.0. The zero-order valence-electron chi connectivity index (χ0n) is 14.7. The van der Waals surface area contributed by atoms with Crippen LogP contribution < -0.4 is 9.79 Å². The Hall–Kier alpha value is -2.90. The summed E-state index contributed by atoms with van der Waals surface area (Å²) >= 11 is 3.66. The summed E-state index contributed by atoms with van der Waals surface area (Å²) in [4.78, 5) is 7.54. The number of para-hydroxylation sites is 1. The number of hydrogen-bond acceptors (Lipinski definition) is 6. The van der Waals surface area contributed by atoms with Crippen LogP contribution in [0.15, 0.2) is 86.7 Å². The molecule has 7 heteroatoms. The first-order valence-electron chi connectivity index (χ1n) is 8.79. The lowest BCUT2D eigenvalue weighted by molar-refractivity contribution is -0.670. The van der Waals surface area contributed by atoms with Crippen LogP contribution in [0.1, 0.15) is 22.1 Å². The van der Waals surface area contributed by atoms with Crippen LogP contribution in [0, 0.1) is 0 Å². The maximum atomic E-state index is 11.2. The van der Waals surface area contributed by atoms with E-state index in [1.54, 1.807) is 11.3 Å². The number of hydrogen-bond donors (Lipinski definition) is 0. The average Bonchev–Trinajstić information content (AvgIpc) is 3.36. The van der Waals surface area contributed by atoms with E-state index >= 15 is 0 Å². The predicted molar refractivity (Wildman–Crippen MR) is 108 cm³/mol. The first-order valence-corrected chi connectivity index (χ1v) is 10.6. The molecule has 2 aromatic heterocycles. The van der Waals surface area contributed by atoms with Crippen molar-refractivity contribution in [1.82, 2.24) is 5.27 Å². The van der Waals surface area contributed by atoms with Gasteiger partial charge in [-0.15, -0.1) is 23.1 Å². The normalized spacial score (nSPS) is 16.3. The van der Waals surface area contributed by atoms with E-state index in [2.05, 4.69) is 45.5 Å². The smallest absolute Gasteiger partial charge is 0.239 e. The van der Waals surface area contributed by atoms with Gasteiger partial charge in [-0.2, -0.15) is 0 Å². The van der Waals surface area contributed by atoms with Gasteiger partial charge >= 0.3 is 0 Å². The molecule has 5 nitrogen and oxygen atoms in total. The predicted octanol–water partition coefficient (Wildman–Crippen LogP) is 4.44. The van der Waals surface area contributed by atoms with Gasteiger partial charge in [0.25, 0.3) is 0 Å². The lowest BCUT2D eigenvalue weighted by Gasteiger charge is -2.13. The molecule has 1 aliphatic rings. The molecule has 1 unspecified atom stereocenters. The van der Waals surface area contributed by atoms with Crippen molar-refractivity contribution in [3.8, 4) is 11.6 Å². The second-order valence-electron chi connectivity index (χ2n) is 6.36. The van der Waals surface area contributed by atoms with E-state index in [1.807, 2.05) is 42.1 Å². The SMILES string of the molecule is [O-]c1c[n+](-c2ccc(C3=Nc4ccccc4SC(c4cccs4)C3)cc2)no1. The molecule has 0 fully saturated rings. The van der Waals surface area contributed by atoms with Gasteiger partial charge in [-0.3, -0.25) is 4.99 Å². The molecule has 1 atom stereocenters. The van der Waals surface area contributed by atoms with Crippen LogP contribution in [0.2, 0.25) is 0 Å². The second-order valence-corrected chi connectivity index (χ2v) is 8.59. The Morgan fingerprint density at radius 2 is 1.89 bits per heavy atom. The minimum Gasteiger partial charge on any atom is -0.539 e. The average molecular weight is 406 g/mol. The van der Waals surface area contributed by atoms with Gasteiger partial charge in [0.05, 0.1) is 11.0 Å². The highest BCUT2D eigenvalue weighted by Crippen LogP contribution is 2.46. The molecule has 3 heterocycles. The maximum Gasteiger partial charge on any atom is 0.239 e. The van der Waals surface area contributed by atoms with E-state index in [4.69, 9.17) is 4.99 Å². The molecule has 28 heavy (non-hydrogen) atoms. The summed E-state index contributed by atoms with van der Waals surface area (Å²) in [6, 6.07) is 20.5. The third-order valence-electron chi connectivity index (χ3n) is 4.54. The van der Waals surface area contributed by atoms with E-state index in [9.17, 15) is 5.11 Å². The molecule has 0 N–H and O–H groups in total. The Morgan fingerprint density at radius 1 is 1.04 bits per heavy atom. The summed E-state index contributed by atoms with van der Waals surface area (Å²) in [5, 5.41) is 17.4. The minimum absolute atomic E-state index is 0.329. The van der Waals surface area contributed by atoms with E-state index in [1.165, 1.54) is 20.7 Å². The Bertz CT molecular complexity index is 1130. The summed E-state index contributed by atoms with van der Waals surface area (Å²) in [6.45, 7) is 0. The fraction of sp³-hybridized carbons (Fsp3) is 0.0952. The van der Waals surface area contributed by atoms with Crippen molar-refractivity contribution in [3.63, 3.8) is 0 Å². The molecular formula is C21H15N3O2S2. The number of fused-ring (bicyclic) bond motifs is 1. The van der Waals surface area contributed by atoms with Gasteiger partial charge in [0.15, 0.2) is 0 Å². The van der Waals surface area contributed by atoms with Crippen molar-refractivity contribution >= 4 is 34.5 Å². The fourth-order valence-electron chi connectivity index (χ4n) is 3.19. The first kappa shape index (κ1) is 17.2. The van der Waals surface area contributed by atoms with E-state index in [0.29, 0.717) is 5.25 Å². The third kappa shape index (κ3) is 3.34. The van der Waals surface area contributed by atoms with Crippen molar-refractivity contribution in [2.75, 3.05) is 0 Å². The highest BCUT2D eigenvalue weighted by molar-refractivity contribution is 7.99. The molecule has 0 saturated carbocycles. The number of nitrogens with zero attached hydrogens (tertiary/aromatic N) is 3. The standard InChI is InChI=1S/C21H15N3O2S2/c25-21-13-24(23-26-21)15-9-7-14(8-10-15)17-12-20(19-6-3-11-27-19)28-18-5-2-1-4-16(18)22-17/h1-11,13,20H,12H2. The second kappa shape index (κ2) is 7.26. The molecule has 0 aliphatic carbocycles. The molecule has 138 valence electrons. The largest absolute Gasteiger partial charge is 0.539 e. The summed E-state index contributed by atoms with van der Waals surface area (Å²) in [6.07, 6.45) is 2.17. The Kier molecular flexibility index (Phi) is 4.46. The van der Waals surface area contributed by atoms with Gasteiger partial charge in [-0.25, -0.2) is 0 Å².